The first-order valence-corrected chi connectivity index (χ1v) is 6.01. The topological polar surface area (TPSA) is 75.6 Å². The highest BCUT2D eigenvalue weighted by Gasteiger charge is 2.16. The van der Waals surface area contributed by atoms with Gasteiger partial charge in [0.05, 0.1) is 17.5 Å². The van der Waals surface area contributed by atoms with Crippen molar-refractivity contribution in [2.45, 2.75) is 26.7 Å². The maximum atomic E-state index is 12.2. The minimum Gasteiger partial charge on any atom is -0.307 e. The van der Waals surface area contributed by atoms with Crippen molar-refractivity contribution >= 4 is 11.7 Å². The smallest absolute Gasteiger partial charge is 0.260 e. The molecular weight excluding hydrogens is 230 g/mol. The maximum Gasteiger partial charge on any atom is 0.260 e. The van der Waals surface area contributed by atoms with E-state index in [0.29, 0.717) is 11.4 Å². The summed E-state index contributed by atoms with van der Waals surface area (Å²) in [6.45, 7) is 3.99. The van der Waals surface area contributed by atoms with Crippen LogP contribution in [0.2, 0.25) is 0 Å². The lowest BCUT2D eigenvalue weighted by Crippen LogP contribution is -2.14. The van der Waals surface area contributed by atoms with E-state index in [0.717, 1.165) is 24.1 Å². The normalized spacial score (nSPS) is 10.6. The zero-order chi connectivity index (χ0) is 13.1. The first-order valence-electron chi connectivity index (χ1n) is 6.01. The summed E-state index contributed by atoms with van der Waals surface area (Å²) in [6.07, 6.45) is 5.00. The van der Waals surface area contributed by atoms with Gasteiger partial charge in [0, 0.05) is 18.8 Å². The molecule has 0 unspecified atom stereocenters. The fourth-order valence-electron chi connectivity index (χ4n) is 1.85. The summed E-state index contributed by atoms with van der Waals surface area (Å²) in [4.78, 5) is 12.2. The summed E-state index contributed by atoms with van der Waals surface area (Å²) in [5.74, 6) is 0.507. The number of nitrogens with one attached hydrogen (secondary N) is 2. The number of aromatic amines is 1. The third-order valence-corrected chi connectivity index (χ3v) is 2.82. The van der Waals surface area contributed by atoms with Crippen molar-refractivity contribution in [3.05, 3.63) is 29.2 Å². The first kappa shape index (κ1) is 12.3. The molecule has 2 heterocycles. The van der Waals surface area contributed by atoms with Gasteiger partial charge in [-0.2, -0.15) is 10.2 Å². The molecule has 0 saturated carbocycles. The van der Waals surface area contributed by atoms with Crippen LogP contribution in [-0.2, 0) is 19.9 Å². The highest BCUT2D eigenvalue weighted by atomic mass is 16.1. The van der Waals surface area contributed by atoms with Crippen LogP contribution in [0.15, 0.2) is 12.4 Å². The Bertz CT molecular complexity index is 555. The number of nitrogens with zero attached hydrogens (tertiary/aromatic N) is 3. The fraction of sp³-hybridized carbons (Fsp3) is 0.417. The standard InChI is InChI=1S/C12H17N5O/c1-4-8-6-13-15-11(8)14-12(18)9-7-17(3)16-10(9)5-2/h6-7H,4-5H2,1-3H3,(H2,13,14,15,18). The number of carbonyl (C=O) groups is 1. The van der Waals surface area contributed by atoms with E-state index in [1.54, 1.807) is 17.1 Å². The summed E-state index contributed by atoms with van der Waals surface area (Å²) in [7, 11) is 1.81. The number of aryl methyl sites for hydroxylation is 3. The first-order chi connectivity index (χ1) is 8.65. The Hall–Kier alpha value is -2.11. The van der Waals surface area contributed by atoms with Gasteiger partial charge < -0.3 is 5.32 Å². The van der Waals surface area contributed by atoms with Gasteiger partial charge in [-0.05, 0) is 12.8 Å². The molecular formula is C12H17N5O. The highest BCUT2D eigenvalue weighted by molar-refractivity contribution is 6.04. The molecule has 0 aromatic carbocycles. The number of anilines is 1. The van der Waals surface area contributed by atoms with Crippen LogP contribution >= 0.6 is 0 Å². The summed E-state index contributed by atoms with van der Waals surface area (Å²) in [5.41, 5.74) is 2.40. The van der Waals surface area contributed by atoms with Gasteiger partial charge in [-0.3, -0.25) is 14.6 Å². The molecule has 1 amide bonds. The summed E-state index contributed by atoms with van der Waals surface area (Å²) in [5, 5.41) is 13.8. The molecule has 0 saturated heterocycles. The van der Waals surface area contributed by atoms with Crippen LogP contribution in [0.3, 0.4) is 0 Å². The lowest BCUT2D eigenvalue weighted by Gasteiger charge is -2.03. The van der Waals surface area contributed by atoms with E-state index < -0.39 is 0 Å². The number of rotatable bonds is 4. The van der Waals surface area contributed by atoms with E-state index in [-0.39, 0.29) is 5.91 Å². The zero-order valence-corrected chi connectivity index (χ0v) is 10.8. The predicted molar refractivity (Wildman–Crippen MR) is 68.5 cm³/mol. The van der Waals surface area contributed by atoms with Crippen LogP contribution < -0.4 is 5.32 Å². The number of H-pyrrole nitrogens is 1. The van der Waals surface area contributed by atoms with E-state index in [1.165, 1.54) is 0 Å². The van der Waals surface area contributed by atoms with E-state index in [4.69, 9.17) is 0 Å². The molecule has 2 N–H and O–H groups in total. The molecule has 6 nitrogen and oxygen atoms in total. The van der Waals surface area contributed by atoms with Crippen molar-refractivity contribution in [2.75, 3.05) is 5.32 Å². The van der Waals surface area contributed by atoms with E-state index in [1.807, 2.05) is 20.9 Å². The van der Waals surface area contributed by atoms with Crippen LogP contribution in [0, 0.1) is 0 Å². The molecule has 0 fully saturated rings. The lowest BCUT2D eigenvalue weighted by molar-refractivity contribution is 0.102. The molecule has 2 aromatic rings. The van der Waals surface area contributed by atoms with Crippen LogP contribution in [-0.4, -0.2) is 25.9 Å². The highest BCUT2D eigenvalue weighted by Crippen LogP contribution is 2.14. The van der Waals surface area contributed by atoms with Gasteiger partial charge in [0.1, 0.15) is 5.82 Å². The Balaban J connectivity index is 2.21. The Morgan fingerprint density at radius 3 is 2.89 bits per heavy atom. The molecule has 96 valence electrons. The fourth-order valence-corrected chi connectivity index (χ4v) is 1.85. The molecule has 0 atom stereocenters. The SMILES string of the molecule is CCc1cn[nH]c1NC(=O)c1cn(C)nc1CC. The van der Waals surface area contributed by atoms with Gasteiger partial charge >= 0.3 is 0 Å². The molecule has 0 spiro atoms. The summed E-state index contributed by atoms with van der Waals surface area (Å²) < 4.78 is 1.65. The predicted octanol–water partition coefficient (Wildman–Crippen LogP) is 1.52. The van der Waals surface area contributed by atoms with Crippen molar-refractivity contribution < 1.29 is 4.79 Å². The molecule has 0 bridgehead atoms. The number of amides is 1. The van der Waals surface area contributed by atoms with Gasteiger partial charge in [-0.15, -0.1) is 0 Å². The molecule has 0 aliphatic rings. The Labute approximate surface area is 105 Å². The van der Waals surface area contributed by atoms with E-state index in [9.17, 15) is 4.79 Å². The van der Waals surface area contributed by atoms with Gasteiger partial charge in [0.15, 0.2) is 0 Å². The Morgan fingerprint density at radius 2 is 2.22 bits per heavy atom. The molecule has 2 rings (SSSR count). The number of hydrogen-bond acceptors (Lipinski definition) is 3. The minimum atomic E-state index is -0.154. The monoisotopic (exact) mass is 247 g/mol. The third kappa shape index (κ3) is 2.27. The summed E-state index contributed by atoms with van der Waals surface area (Å²) in [6, 6.07) is 0. The number of aromatic nitrogens is 4. The second-order valence-electron chi connectivity index (χ2n) is 4.09. The molecule has 0 aliphatic carbocycles. The van der Waals surface area contributed by atoms with Gasteiger partial charge in [-0.25, -0.2) is 0 Å². The Kier molecular flexibility index (Phi) is 3.45. The largest absolute Gasteiger partial charge is 0.307 e. The average molecular weight is 247 g/mol. The second kappa shape index (κ2) is 5.03. The van der Waals surface area contributed by atoms with E-state index >= 15 is 0 Å². The minimum absolute atomic E-state index is 0.154. The summed E-state index contributed by atoms with van der Waals surface area (Å²) >= 11 is 0. The van der Waals surface area contributed by atoms with E-state index in [2.05, 4.69) is 20.6 Å². The maximum absolute atomic E-state index is 12.2. The van der Waals surface area contributed by atoms with Crippen LogP contribution in [0.1, 0.15) is 35.5 Å². The molecule has 18 heavy (non-hydrogen) atoms. The molecule has 6 heteroatoms. The van der Waals surface area contributed by atoms with Crippen molar-refractivity contribution in [3.8, 4) is 0 Å². The van der Waals surface area contributed by atoms with Gasteiger partial charge in [0.25, 0.3) is 5.91 Å². The molecule has 0 radical (unpaired) electrons. The third-order valence-electron chi connectivity index (χ3n) is 2.82. The second-order valence-corrected chi connectivity index (χ2v) is 4.09. The van der Waals surface area contributed by atoms with Crippen LogP contribution in [0.5, 0.6) is 0 Å². The quantitative estimate of drug-likeness (QED) is 0.860. The van der Waals surface area contributed by atoms with Crippen LogP contribution in [0.25, 0.3) is 0 Å². The van der Waals surface area contributed by atoms with Crippen molar-refractivity contribution in [1.82, 2.24) is 20.0 Å². The van der Waals surface area contributed by atoms with Crippen molar-refractivity contribution in [2.24, 2.45) is 7.05 Å². The van der Waals surface area contributed by atoms with Crippen molar-refractivity contribution in [1.29, 1.82) is 0 Å². The average Bonchev–Trinajstić information content (AvgIpc) is 2.94. The number of carbonyl (C=O) groups excluding carboxylic acids is 1. The molecule has 0 aliphatic heterocycles. The zero-order valence-electron chi connectivity index (χ0n) is 10.8. The van der Waals surface area contributed by atoms with Gasteiger partial charge in [-0.1, -0.05) is 13.8 Å². The molecule has 2 aromatic heterocycles. The van der Waals surface area contributed by atoms with Crippen molar-refractivity contribution in [3.63, 3.8) is 0 Å². The lowest BCUT2D eigenvalue weighted by atomic mass is 10.2. The number of hydrogen-bond donors (Lipinski definition) is 2. The Morgan fingerprint density at radius 1 is 1.44 bits per heavy atom. The van der Waals surface area contributed by atoms with Crippen LogP contribution in [0.4, 0.5) is 5.82 Å². The van der Waals surface area contributed by atoms with Gasteiger partial charge in [0.2, 0.25) is 0 Å².